The standard InChI is InChI=1S/C19H28N2O6/c1-12(2)16(19(23)21-6-8-27-9-7-21)20-18(22)13-10-14(24-3)17(26-5)15(11-13)25-4/h10-12,16H,6-9H2,1-5H3,(H,20,22)/t16-/m1/s1. The number of nitrogens with one attached hydrogen (secondary N) is 1. The number of methoxy groups -OCH3 is 3. The highest BCUT2D eigenvalue weighted by molar-refractivity contribution is 5.98. The van der Waals surface area contributed by atoms with Crippen molar-refractivity contribution in [2.45, 2.75) is 19.9 Å². The summed E-state index contributed by atoms with van der Waals surface area (Å²) in [6.07, 6.45) is 0. The van der Waals surface area contributed by atoms with Crippen LogP contribution in [0.1, 0.15) is 24.2 Å². The van der Waals surface area contributed by atoms with Gasteiger partial charge >= 0.3 is 0 Å². The number of hydrogen-bond acceptors (Lipinski definition) is 6. The third kappa shape index (κ3) is 4.82. The molecule has 150 valence electrons. The highest BCUT2D eigenvalue weighted by Crippen LogP contribution is 2.38. The molecular formula is C19H28N2O6. The van der Waals surface area contributed by atoms with Gasteiger partial charge in [0.2, 0.25) is 11.7 Å². The molecule has 0 bridgehead atoms. The molecule has 2 rings (SSSR count). The summed E-state index contributed by atoms with van der Waals surface area (Å²) in [5, 5.41) is 2.85. The summed E-state index contributed by atoms with van der Waals surface area (Å²) in [5.74, 6) is 0.613. The number of morpholine rings is 1. The molecule has 1 fully saturated rings. The molecule has 1 saturated heterocycles. The predicted molar refractivity (Wildman–Crippen MR) is 99.6 cm³/mol. The van der Waals surface area contributed by atoms with Crippen LogP contribution in [-0.2, 0) is 9.53 Å². The Hall–Kier alpha value is -2.48. The Bertz CT molecular complexity index is 645. The minimum absolute atomic E-state index is 0.0636. The fourth-order valence-electron chi connectivity index (χ4n) is 2.93. The highest BCUT2D eigenvalue weighted by Gasteiger charge is 2.30. The minimum Gasteiger partial charge on any atom is -0.493 e. The van der Waals surface area contributed by atoms with E-state index in [1.807, 2.05) is 13.8 Å². The van der Waals surface area contributed by atoms with Crippen LogP contribution in [-0.4, -0.2) is 70.4 Å². The van der Waals surface area contributed by atoms with E-state index in [0.717, 1.165) is 0 Å². The van der Waals surface area contributed by atoms with E-state index in [9.17, 15) is 9.59 Å². The first-order valence-corrected chi connectivity index (χ1v) is 8.90. The van der Waals surface area contributed by atoms with Crippen molar-refractivity contribution in [2.24, 2.45) is 5.92 Å². The van der Waals surface area contributed by atoms with E-state index >= 15 is 0 Å². The quantitative estimate of drug-likeness (QED) is 0.768. The molecule has 1 aromatic rings. The molecule has 1 aromatic carbocycles. The lowest BCUT2D eigenvalue weighted by atomic mass is 10.0. The summed E-state index contributed by atoms with van der Waals surface area (Å²) in [4.78, 5) is 27.4. The Kier molecular flexibility index (Phi) is 7.29. The zero-order chi connectivity index (χ0) is 20.0. The summed E-state index contributed by atoms with van der Waals surface area (Å²) in [6, 6.07) is 2.50. The first-order chi connectivity index (χ1) is 12.9. The van der Waals surface area contributed by atoms with Gasteiger partial charge in [0.05, 0.1) is 34.5 Å². The second-order valence-electron chi connectivity index (χ2n) is 6.55. The largest absolute Gasteiger partial charge is 0.493 e. The van der Waals surface area contributed by atoms with E-state index in [1.54, 1.807) is 17.0 Å². The van der Waals surface area contributed by atoms with Crippen molar-refractivity contribution in [1.82, 2.24) is 10.2 Å². The molecule has 1 N–H and O–H groups in total. The Labute approximate surface area is 159 Å². The fraction of sp³-hybridized carbons (Fsp3) is 0.579. The molecule has 8 heteroatoms. The molecule has 0 aliphatic carbocycles. The number of hydrogen-bond donors (Lipinski definition) is 1. The van der Waals surface area contributed by atoms with E-state index < -0.39 is 6.04 Å². The SMILES string of the molecule is COc1cc(C(=O)N[C@@H](C(=O)N2CCOCC2)C(C)C)cc(OC)c1OC. The molecule has 27 heavy (non-hydrogen) atoms. The van der Waals surface area contributed by atoms with Gasteiger partial charge in [-0.25, -0.2) is 0 Å². The zero-order valence-corrected chi connectivity index (χ0v) is 16.5. The van der Waals surface area contributed by atoms with E-state index in [0.29, 0.717) is 49.1 Å². The number of carbonyl (C=O) groups is 2. The monoisotopic (exact) mass is 380 g/mol. The maximum Gasteiger partial charge on any atom is 0.252 e. The second kappa shape index (κ2) is 9.45. The van der Waals surface area contributed by atoms with E-state index in [2.05, 4.69) is 5.32 Å². The first-order valence-electron chi connectivity index (χ1n) is 8.90. The van der Waals surface area contributed by atoms with E-state index in [4.69, 9.17) is 18.9 Å². The van der Waals surface area contributed by atoms with Crippen LogP contribution in [0.5, 0.6) is 17.2 Å². The molecular weight excluding hydrogens is 352 g/mol. The van der Waals surface area contributed by atoms with Crippen LogP contribution in [0.15, 0.2) is 12.1 Å². The molecule has 8 nitrogen and oxygen atoms in total. The highest BCUT2D eigenvalue weighted by atomic mass is 16.5. The van der Waals surface area contributed by atoms with Crippen LogP contribution in [0, 0.1) is 5.92 Å². The van der Waals surface area contributed by atoms with Gasteiger partial charge in [0.1, 0.15) is 6.04 Å². The van der Waals surface area contributed by atoms with Gasteiger partial charge in [0, 0.05) is 18.7 Å². The molecule has 0 saturated carbocycles. The molecule has 2 amide bonds. The van der Waals surface area contributed by atoms with Crippen molar-refractivity contribution in [3.8, 4) is 17.2 Å². The van der Waals surface area contributed by atoms with Crippen molar-refractivity contribution in [2.75, 3.05) is 47.6 Å². The fourth-order valence-corrected chi connectivity index (χ4v) is 2.93. The van der Waals surface area contributed by atoms with Crippen molar-refractivity contribution in [3.63, 3.8) is 0 Å². The van der Waals surface area contributed by atoms with Crippen LogP contribution in [0.4, 0.5) is 0 Å². The number of ether oxygens (including phenoxy) is 4. The average molecular weight is 380 g/mol. The van der Waals surface area contributed by atoms with Gasteiger partial charge < -0.3 is 29.2 Å². The van der Waals surface area contributed by atoms with Gasteiger partial charge in [-0.2, -0.15) is 0 Å². The van der Waals surface area contributed by atoms with Crippen molar-refractivity contribution >= 4 is 11.8 Å². The molecule has 1 aliphatic heterocycles. The summed E-state index contributed by atoms with van der Waals surface area (Å²) < 4.78 is 21.1. The minimum atomic E-state index is -0.630. The lowest BCUT2D eigenvalue weighted by Gasteiger charge is -2.32. The Morgan fingerprint density at radius 3 is 2.04 bits per heavy atom. The van der Waals surface area contributed by atoms with Gasteiger partial charge in [0.25, 0.3) is 5.91 Å². The third-order valence-corrected chi connectivity index (χ3v) is 4.47. The van der Waals surface area contributed by atoms with Gasteiger partial charge in [-0.15, -0.1) is 0 Å². The van der Waals surface area contributed by atoms with Crippen molar-refractivity contribution in [3.05, 3.63) is 17.7 Å². The summed E-state index contributed by atoms with van der Waals surface area (Å²) in [6.45, 7) is 5.88. The van der Waals surface area contributed by atoms with Crippen LogP contribution in [0.2, 0.25) is 0 Å². The van der Waals surface area contributed by atoms with Crippen LogP contribution in [0.25, 0.3) is 0 Å². The Balaban J connectivity index is 2.23. The van der Waals surface area contributed by atoms with Gasteiger partial charge in [-0.05, 0) is 18.1 Å². The van der Waals surface area contributed by atoms with Gasteiger partial charge in [0.15, 0.2) is 11.5 Å². The maximum atomic E-state index is 12.8. The van der Waals surface area contributed by atoms with Crippen LogP contribution in [0.3, 0.4) is 0 Å². The third-order valence-electron chi connectivity index (χ3n) is 4.47. The summed E-state index contributed by atoms with van der Waals surface area (Å²) in [7, 11) is 4.46. The first kappa shape index (κ1) is 20.8. The number of amides is 2. The molecule has 0 aromatic heterocycles. The lowest BCUT2D eigenvalue weighted by molar-refractivity contribution is -0.138. The number of nitrogens with zero attached hydrogens (tertiary/aromatic N) is 1. The van der Waals surface area contributed by atoms with Crippen molar-refractivity contribution < 1.29 is 28.5 Å². The smallest absolute Gasteiger partial charge is 0.252 e. The zero-order valence-electron chi connectivity index (χ0n) is 16.5. The normalized spacial score (nSPS) is 15.3. The number of carbonyl (C=O) groups excluding carboxylic acids is 2. The van der Waals surface area contributed by atoms with Crippen molar-refractivity contribution in [1.29, 1.82) is 0 Å². The Morgan fingerprint density at radius 1 is 1.04 bits per heavy atom. The van der Waals surface area contributed by atoms with Crippen LogP contribution >= 0.6 is 0 Å². The molecule has 0 unspecified atom stereocenters. The lowest BCUT2D eigenvalue weighted by Crippen LogP contribution is -2.53. The van der Waals surface area contributed by atoms with E-state index in [-0.39, 0.29) is 17.7 Å². The average Bonchev–Trinajstić information content (AvgIpc) is 2.70. The summed E-state index contributed by atoms with van der Waals surface area (Å²) >= 11 is 0. The Morgan fingerprint density at radius 2 is 1.59 bits per heavy atom. The molecule has 0 radical (unpaired) electrons. The predicted octanol–water partition coefficient (Wildman–Crippen LogP) is 1.33. The summed E-state index contributed by atoms with van der Waals surface area (Å²) in [5.41, 5.74) is 0.324. The molecule has 1 heterocycles. The number of benzene rings is 1. The molecule has 0 spiro atoms. The topological polar surface area (TPSA) is 86.3 Å². The van der Waals surface area contributed by atoms with E-state index in [1.165, 1.54) is 21.3 Å². The maximum absolute atomic E-state index is 12.8. The number of rotatable bonds is 7. The van der Waals surface area contributed by atoms with Crippen LogP contribution < -0.4 is 19.5 Å². The second-order valence-corrected chi connectivity index (χ2v) is 6.55. The van der Waals surface area contributed by atoms with Gasteiger partial charge in [-0.1, -0.05) is 13.8 Å². The van der Waals surface area contributed by atoms with Gasteiger partial charge in [-0.3, -0.25) is 9.59 Å². The molecule has 1 atom stereocenters. The molecule has 1 aliphatic rings.